The van der Waals surface area contributed by atoms with Crippen LogP contribution in [0.15, 0.2) is 24.3 Å². The second kappa shape index (κ2) is 4.53. The minimum absolute atomic E-state index is 0.253. The highest BCUT2D eigenvalue weighted by Gasteiger charge is 2.33. The number of ether oxygens (including phenoxy) is 3. The van der Waals surface area contributed by atoms with E-state index in [4.69, 9.17) is 14.2 Å². The first-order valence-electron chi connectivity index (χ1n) is 5.54. The van der Waals surface area contributed by atoms with Crippen LogP contribution < -0.4 is 0 Å². The number of hydrogen-bond donors (Lipinski definition) is 0. The van der Waals surface area contributed by atoms with E-state index < -0.39 is 5.79 Å². The van der Waals surface area contributed by atoms with Gasteiger partial charge in [-0.15, -0.1) is 0 Å². The molecule has 0 spiro atoms. The van der Waals surface area contributed by atoms with Crippen molar-refractivity contribution in [3.05, 3.63) is 35.4 Å². The van der Waals surface area contributed by atoms with Crippen molar-refractivity contribution in [1.82, 2.24) is 0 Å². The van der Waals surface area contributed by atoms with Gasteiger partial charge >= 0.3 is 0 Å². The van der Waals surface area contributed by atoms with Crippen LogP contribution in [0.3, 0.4) is 0 Å². The molecular formula is C13H18O3. The predicted octanol–water partition coefficient (Wildman–Crippen LogP) is 2.62. The van der Waals surface area contributed by atoms with E-state index in [1.807, 2.05) is 13.8 Å². The Morgan fingerprint density at radius 1 is 1.31 bits per heavy atom. The third-order valence-corrected chi connectivity index (χ3v) is 2.54. The summed E-state index contributed by atoms with van der Waals surface area (Å²) in [7, 11) is 0. The summed E-state index contributed by atoms with van der Waals surface area (Å²) in [6.07, 6.45) is -0.253. The molecule has 16 heavy (non-hydrogen) atoms. The highest BCUT2D eigenvalue weighted by atomic mass is 16.8. The number of hydrogen-bond acceptors (Lipinski definition) is 3. The zero-order valence-electron chi connectivity index (χ0n) is 10.0. The average Bonchev–Trinajstić information content (AvgIpc) is 2.58. The smallest absolute Gasteiger partial charge is 0.184 e. The minimum atomic E-state index is -0.516. The van der Waals surface area contributed by atoms with Crippen LogP contribution in [0.4, 0.5) is 0 Å². The third-order valence-electron chi connectivity index (χ3n) is 2.54. The van der Waals surface area contributed by atoms with E-state index >= 15 is 0 Å². The van der Waals surface area contributed by atoms with Crippen molar-refractivity contribution in [1.29, 1.82) is 0 Å². The van der Waals surface area contributed by atoms with Gasteiger partial charge in [-0.2, -0.15) is 0 Å². The molecular weight excluding hydrogens is 204 g/mol. The Morgan fingerprint density at radius 2 is 2.00 bits per heavy atom. The first-order valence-corrected chi connectivity index (χ1v) is 5.54. The van der Waals surface area contributed by atoms with Crippen LogP contribution in [-0.2, 0) is 20.8 Å². The molecule has 3 nitrogen and oxygen atoms in total. The lowest BCUT2D eigenvalue weighted by molar-refractivity contribution is -0.194. The molecule has 88 valence electrons. The van der Waals surface area contributed by atoms with Crippen molar-refractivity contribution in [2.75, 3.05) is 6.61 Å². The van der Waals surface area contributed by atoms with Crippen molar-refractivity contribution in [2.24, 2.45) is 0 Å². The summed E-state index contributed by atoms with van der Waals surface area (Å²) < 4.78 is 16.6. The Balaban J connectivity index is 1.82. The summed E-state index contributed by atoms with van der Waals surface area (Å²) in [4.78, 5) is 0. The Bertz CT molecular complexity index is 343. The van der Waals surface area contributed by atoms with Gasteiger partial charge in [0.1, 0.15) is 6.61 Å². The highest BCUT2D eigenvalue weighted by molar-refractivity contribution is 5.20. The molecule has 1 atom stereocenters. The van der Waals surface area contributed by atoms with E-state index in [2.05, 4.69) is 31.2 Å². The van der Waals surface area contributed by atoms with Crippen molar-refractivity contribution in [3.8, 4) is 0 Å². The molecule has 0 N–H and O–H groups in total. The van der Waals surface area contributed by atoms with Crippen molar-refractivity contribution in [3.63, 3.8) is 0 Å². The Kier molecular flexibility index (Phi) is 3.28. The monoisotopic (exact) mass is 222 g/mol. The molecule has 0 radical (unpaired) electrons. The van der Waals surface area contributed by atoms with Crippen LogP contribution in [0.1, 0.15) is 25.0 Å². The quantitative estimate of drug-likeness (QED) is 0.786. The topological polar surface area (TPSA) is 27.7 Å². The van der Waals surface area contributed by atoms with Gasteiger partial charge in [-0.1, -0.05) is 29.8 Å². The van der Waals surface area contributed by atoms with Gasteiger partial charge in [-0.3, -0.25) is 0 Å². The zero-order chi connectivity index (χ0) is 11.6. The lowest BCUT2D eigenvalue weighted by atomic mass is 10.2. The summed E-state index contributed by atoms with van der Waals surface area (Å²) >= 11 is 0. The first kappa shape index (κ1) is 11.6. The number of benzene rings is 1. The maximum atomic E-state index is 5.62. The fourth-order valence-electron chi connectivity index (χ4n) is 1.61. The first-order chi connectivity index (χ1) is 7.55. The SMILES string of the molecule is Cc1ccc(COC2COC(C)(C)O2)cc1. The molecule has 3 heteroatoms. The normalized spacial score (nSPS) is 23.6. The molecule has 1 aliphatic heterocycles. The number of aryl methyl sites for hydroxylation is 1. The fraction of sp³-hybridized carbons (Fsp3) is 0.538. The zero-order valence-corrected chi connectivity index (χ0v) is 10.0. The van der Waals surface area contributed by atoms with Gasteiger partial charge in [0.2, 0.25) is 0 Å². The Hall–Kier alpha value is -0.900. The van der Waals surface area contributed by atoms with Crippen LogP contribution in [0.5, 0.6) is 0 Å². The van der Waals surface area contributed by atoms with E-state index in [1.165, 1.54) is 5.56 Å². The molecule has 1 fully saturated rings. The molecule has 2 rings (SSSR count). The summed E-state index contributed by atoms with van der Waals surface area (Å²) in [6.45, 7) is 6.91. The summed E-state index contributed by atoms with van der Waals surface area (Å²) in [5.41, 5.74) is 2.41. The minimum Gasteiger partial charge on any atom is -0.345 e. The second-order valence-corrected chi connectivity index (χ2v) is 4.55. The molecule has 0 aromatic heterocycles. The van der Waals surface area contributed by atoms with Crippen LogP contribution in [0, 0.1) is 6.92 Å². The molecule has 1 unspecified atom stereocenters. The van der Waals surface area contributed by atoms with Crippen LogP contribution in [0.2, 0.25) is 0 Å². The van der Waals surface area contributed by atoms with Gasteiger partial charge in [0, 0.05) is 0 Å². The molecule has 1 aromatic carbocycles. The molecule has 0 bridgehead atoms. The molecule has 1 heterocycles. The maximum Gasteiger partial charge on any atom is 0.184 e. The van der Waals surface area contributed by atoms with Gasteiger partial charge in [0.05, 0.1) is 6.61 Å². The highest BCUT2D eigenvalue weighted by Crippen LogP contribution is 2.23. The summed E-state index contributed by atoms with van der Waals surface area (Å²) in [6, 6.07) is 8.29. The van der Waals surface area contributed by atoms with Crippen molar-refractivity contribution >= 4 is 0 Å². The molecule has 1 aromatic rings. The summed E-state index contributed by atoms with van der Waals surface area (Å²) in [5, 5.41) is 0. The average molecular weight is 222 g/mol. The van der Waals surface area contributed by atoms with E-state index in [0.29, 0.717) is 13.2 Å². The maximum absolute atomic E-state index is 5.62. The van der Waals surface area contributed by atoms with Gasteiger partial charge in [-0.25, -0.2) is 0 Å². The lowest BCUT2D eigenvalue weighted by Gasteiger charge is -2.17. The Morgan fingerprint density at radius 3 is 2.56 bits per heavy atom. The molecule has 1 saturated heterocycles. The number of rotatable bonds is 3. The van der Waals surface area contributed by atoms with E-state index in [-0.39, 0.29) is 6.29 Å². The standard InChI is InChI=1S/C13H18O3/c1-10-4-6-11(7-5-10)8-14-12-9-15-13(2,3)16-12/h4-7,12H,8-9H2,1-3H3. The van der Waals surface area contributed by atoms with Crippen LogP contribution in [-0.4, -0.2) is 18.7 Å². The van der Waals surface area contributed by atoms with Gasteiger partial charge < -0.3 is 14.2 Å². The van der Waals surface area contributed by atoms with Gasteiger partial charge in [0.25, 0.3) is 0 Å². The third kappa shape index (κ3) is 3.04. The molecule has 0 amide bonds. The van der Waals surface area contributed by atoms with E-state index in [9.17, 15) is 0 Å². The van der Waals surface area contributed by atoms with Gasteiger partial charge in [-0.05, 0) is 26.3 Å². The van der Waals surface area contributed by atoms with Crippen molar-refractivity contribution in [2.45, 2.75) is 39.5 Å². The Labute approximate surface area is 96.3 Å². The fourth-order valence-corrected chi connectivity index (χ4v) is 1.61. The van der Waals surface area contributed by atoms with E-state index in [1.54, 1.807) is 0 Å². The molecule has 0 aliphatic carbocycles. The lowest BCUT2D eigenvalue weighted by Crippen LogP contribution is -2.22. The second-order valence-electron chi connectivity index (χ2n) is 4.55. The van der Waals surface area contributed by atoms with Crippen LogP contribution >= 0.6 is 0 Å². The van der Waals surface area contributed by atoms with Gasteiger partial charge in [0.15, 0.2) is 12.1 Å². The molecule has 1 aliphatic rings. The predicted molar refractivity (Wildman–Crippen MR) is 60.9 cm³/mol. The van der Waals surface area contributed by atoms with Crippen molar-refractivity contribution < 1.29 is 14.2 Å². The molecule has 0 saturated carbocycles. The summed E-state index contributed by atoms with van der Waals surface area (Å²) in [5.74, 6) is -0.516. The van der Waals surface area contributed by atoms with Crippen LogP contribution in [0.25, 0.3) is 0 Å². The largest absolute Gasteiger partial charge is 0.345 e. The van der Waals surface area contributed by atoms with E-state index in [0.717, 1.165) is 5.56 Å².